The van der Waals surface area contributed by atoms with E-state index in [9.17, 15) is 9.59 Å². The maximum absolute atomic E-state index is 12.7. The number of ether oxygens (including phenoxy) is 1. The number of hydrogen-bond acceptors (Lipinski definition) is 5. The van der Waals surface area contributed by atoms with Crippen LogP contribution in [0.15, 0.2) is 30.0 Å². The Hall–Kier alpha value is -2.18. The molecule has 0 saturated heterocycles. The van der Waals surface area contributed by atoms with Gasteiger partial charge in [0.25, 0.3) is 11.8 Å². The van der Waals surface area contributed by atoms with Gasteiger partial charge in [-0.2, -0.15) is 0 Å². The highest BCUT2D eigenvalue weighted by atomic mass is 16.5. The van der Waals surface area contributed by atoms with Crippen molar-refractivity contribution in [3.05, 3.63) is 41.1 Å². The zero-order valence-electron chi connectivity index (χ0n) is 13.7. The minimum atomic E-state index is -0.349. The summed E-state index contributed by atoms with van der Waals surface area (Å²) in [6.07, 6.45) is 0. The molecule has 0 saturated carbocycles. The average molecular weight is 318 g/mol. The second kappa shape index (κ2) is 7.39. The molecule has 2 amide bonds. The van der Waals surface area contributed by atoms with Gasteiger partial charge in [-0.15, -0.1) is 0 Å². The molecule has 6 nitrogen and oxygen atoms in total. The van der Waals surface area contributed by atoms with Gasteiger partial charge in [-0.1, -0.05) is 29.8 Å². The number of imide groups is 1. The highest BCUT2D eigenvalue weighted by Gasteiger charge is 2.40. The molecule has 0 spiro atoms. The molecular formula is C17H22N2O4. The standard InChI is InChI=1S/C17H22N2O4/c1-12-4-6-13(7-5-12)14-15(18(2)8-10-20)17(22)19(16(14)21)9-11-23-3/h4-7,20H,8-11H2,1-3H3. The quantitative estimate of drug-likeness (QED) is 0.747. The van der Waals surface area contributed by atoms with Crippen LogP contribution in [0.4, 0.5) is 0 Å². The van der Waals surface area contributed by atoms with Crippen molar-refractivity contribution >= 4 is 17.4 Å². The highest BCUT2D eigenvalue weighted by molar-refractivity contribution is 6.35. The fourth-order valence-corrected chi connectivity index (χ4v) is 2.55. The first-order valence-electron chi connectivity index (χ1n) is 7.49. The summed E-state index contributed by atoms with van der Waals surface area (Å²) in [6, 6.07) is 7.48. The van der Waals surface area contributed by atoms with E-state index < -0.39 is 0 Å². The zero-order chi connectivity index (χ0) is 17.0. The second-order valence-corrected chi connectivity index (χ2v) is 5.49. The summed E-state index contributed by atoms with van der Waals surface area (Å²) in [6.45, 7) is 2.64. The zero-order valence-corrected chi connectivity index (χ0v) is 13.7. The van der Waals surface area contributed by atoms with E-state index in [0.717, 1.165) is 5.56 Å². The van der Waals surface area contributed by atoms with Gasteiger partial charge in [0.1, 0.15) is 5.70 Å². The molecule has 0 aliphatic carbocycles. The third kappa shape index (κ3) is 3.43. The summed E-state index contributed by atoms with van der Waals surface area (Å²) in [5, 5.41) is 9.16. The Kier molecular flexibility index (Phi) is 5.52. The molecule has 6 heteroatoms. The van der Waals surface area contributed by atoms with Crippen LogP contribution in [0.3, 0.4) is 0 Å². The summed E-state index contributed by atoms with van der Waals surface area (Å²) in [4.78, 5) is 28.2. The molecule has 0 fully saturated rings. The van der Waals surface area contributed by atoms with Crippen molar-refractivity contribution < 1.29 is 19.4 Å². The Labute approximate surface area is 136 Å². The third-order valence-corrected chi connectivity index (χ3v) is 3.82. The Balaban J connectivity index is 2.46. The van der Waals surface area contributed by atoms with Gasteiger partial charge >= 0.3 is 0 Å². The molecule has 23 heavy (non-hydrogen) atoms. The molecule has 2 rings (SSSR count). The number of carbonyl (C=O) groups is 2. The van der Waals surface area contributed by atoms with Gasteiger partial charge in [-0.3, -0.25) is 14.5 Å². The highest BCUT2D eigenvalue weighted by Crippen LogP contribution is 2.30. The van der Waals surface area contributed by atoms with Crippen molar-refractivity contribution in [1.29, 1.82) is 0 Å². The van der Waals surface area contributed by atoms with Crippen LogP contribution in [-0.2, 0) is 14.3 Å². The molecule has 1 N–H and O–H groups in total. The lowest BCUT2D eigenvalue weighted by molar-refractivity contribution is -0.138. The lowest BCUT2D eigenvalue weighted by Gasteiger charge is -2.20. The van der Waals surface area contributed by atoms with E-state index in [4.69, 9.17) is 9.84 Å². The number of aliphatic hydroxyl groups excluding tert-OH is 1. The number of benzene rings is 1. The van der Waals surface area contributed by atoms with E-state index in [-0.39, 0.29) is 38.1 Å². The molecule has 1 aromatic carbocycles. The Morgan fingerprint density at radius 3 is 2.39 bits per heavy atom. The van der Waals surface area contributed by atoms with Crippen LogP contribution >= 0.6 is 0 Å². The smallest absolute Gasteiger partial charge is 0.277 e. The van der Waals surface area contributed by atoms with Gasteiger partial charge < -0.3 is 14.7 Å². The van der Waals surface area contributed by atoms with E-state index in [2.05, 4.69) is 0 Å². The SMILES string of the molecule is COCCN1C(=O)C(c2ccc(C)cc2)=C(N(C)CCO)C1=O. The van der Waals surface area contributed by atoms with Crippen molar-refractivity contribution in [2.45, 2.75) is 6.92 Å². The van der Waals surface area contributed by atoms with Gasteiger partial charge in [0.05, 0.1) is 25.3 Å². The van der Waals surface area contributed by atoms with Gasteiger partial charge in [0.2, 0.25) is 0 Å². The van der Waals surface area contributed by atoms with Gasteiger partial charge in [0, 0.05) is 20.7 Å². The number of likely N-dealkylation sites (N-methyl/N-ethyl adjacent to an activating group) is 1. The van der Waals surface area contributed by atoms with Gasteiger partial charge in [-0.05, 0) is 12.5 Å². The number of nitrogens with zero attached hydrogens (tertiary/aromatic N) is 2. The van der Waals surface area contributed by atoms with E-state index in [1.54, 1.807) is 11.9 Å². The predicted octanol–water partition coefficient (Wildman–Crippen LogP) is 0.645. The maximum atomic E-state index is 12.7. The molecule has 1 aliphatic heterocycles. The molecule has 0 radical (unpaired) electrons. The van der Waals surface area contributed by atoms with Crippen LogP contribution in [-0.4, -0.2) is 67.2 Å². The van der Waals surface area contributed by atoms with Crippen LogP contribution in [0, 0.1) is 6.92 Å². The summed E-state index contributed by atoms with van der Waals surface area (Å²) < 4.78 is 4.98. The fourth-order valence-electron chi connectivity index (χ4n) is 2.55. The number of rotatable bonds is 7. The molecular weight excluding hydrogens is 296 g/mol. The van der Waals surface area contributed by atoms with Crippen LogP contribution in [0.5, 0.6) is 0 Å². The summed E-state index contributed by atoms with van der Waals surface area (Å²) >= 11 is 0. The van der Waals surface area contributed by atoms with E-state index in [0.29, 0.717) is 16.8 Å². The molecule has 1 aliphatic rings. The number of amides is 2. The number of methoxy groups -OCH3 is 1. The first kappa shape index (κ1) is 17.2. The minimum absolute atomic E-state index is 0.0965. The second-order valence-electron chi connectivity index (χ2n) is 5.49. The largest absolute Gasteiger partial charge is 0.395 e. The Morgan fingerprint density at radius 1 is 1.17 bits per heavy atom. The third-order valence-electron chi connectivity index (χ3n) is 3.82. The predicted molar refractivity (Wildman–Crippen MR) is 86.4 cm³/mol. The fraction of sp³-hybridized carbons (Fsp3) is 0.412. The summed E-state index contributed by atoms with van der Waals surface area (Å²) in [5.74, 6) is -0.672. The van der Waals surface area contributed by atoms with Gasteiger partial charge in [0.15, 0.2) is 0 Å². The molecule has 1 heterocycles. The van der Waals surface area contributed by atoms with Crippen molar-refractivity contribution in [1.82, 2.24) is 9.80 Å². The minimum Gasteiger partial charge on any atom is -0.395 e. The Bertz CT molecular complexity index is 622. The van der Waals surface area contributed by atoms with Crippen LogP contribution < -0.4 is 0 Å². The van der Waals surface area contributed by atoms with Crippen molar-refractivity contribution in [2.75, 3.05) is 40.5 Å². The topological polar surface area (TPSA) is 70.1 Å². The lowest BCUT2D eigenvalue weighted by Crippen LogP contribution is -2.37. The number of carbonyl (C=O) groups excluding carboxylic acids is 2. The van der Waals surface area contributed by atoms with Crippen LogP contribution in [0.25, 0.3) is 5.57 Å². The first-order chi connectivity index (χ1) is 11.0. The van der Waals surface area contributed by atoms with Crippen LogP contribution in [0.2, 0.25) is 0 Å². The molecule has 1 aromatic rings. The molecule has 124 valence electrons. The van der Waals surface area contributed by atoms with Gasteiger partial charge in [-0.25, -0.2) is 0 Å². The lowest BCUT2D eigenvalue weighted by atomic mass is 10.0. The van der Waals surface area contributed by atoms with Crippen molar-refractivity contribution in [3.8, 4) is 0 Å². The average Bonchev–Trinajstić information content (AvgIpc) is 2.77. The summed E-state index contributed by atoms with van der Waals surface area (Å²) in [7, 11) is 3.23. The van der Waals surface area contributed by atoms with Crippen molar-refractivity contribution in [3.63, 3.8) is 0 Å². The van der Waals surface area contributed by atoms with Crippen LogP contribution in [0.1, 0.15) is 11.1 Å². The molecule has 0 aromatic heterocycles. The van der Waals surface area contributed by atoms with Crippen molar-refractivity contribution in [2.24, 2.45) is 0 Å². The molecule has 0 unspecified atom stereocenters. The first-order valence-corrected chi connectivity index (χ1v) is 7.49. The van der Waals surface area contributed by atoms with E-state index >= 15 is 0 Å². The molecule has 0 atom stereocenters. The summed E-state index contributed by atoms with van der Waals surface area (Å²) in [5.41, 5.74) is 2.48. The number of aryl methyl sites for hydroxylation is 1. The number of hydrogen-bond donors (Lipinski definition) is 1. The van der Waals surface area contributed by atoms with E-state index in [1.807, 2.05) is 31.2 Å². The normalized spacial score (nSPS) is 14.9. The maximum Gasteiger partial charge on any atom is 0.277 e. The number of aliphatic hydroxyl groups is 1. The Morgan fingerprint density at radius 2 is 1.83 bits per heavy atom. The molecule has 0 bridgehead atoms. The van der Waals surface area contributed by atoms with E-state index in [1.165, 1.54) is 12.0 Å². The monoisotopic (exact) mass is 318 g/mol.